The van der Waals surface area contributed by atoms with Gasteiger partial charge in [0.1, 0.15) is 5.75 Å². The van der Waals surface area contributed by atoms with Crippen LogP contribution in [0.1, 0.15) is 28.1 Å². The first-order valence-electron chi connectivity index (χ1n) is 9.60. The topological polar surface area (TPSA) is 78.8 Å². The summed E-state index contributed by atoms with van der Waals surface area (Å²) in [7, 11) is 0. The summed E-state index contributed by atoms with van der Waals surface area (Å²) in [6.45, 7) is 7.48. The van der Waals surface area contributed by atoms with Gasteiger partial charge in [-0.1, -0.05) is 12.1 Å². The van der Waals surface area contributed by atoms with Crippen LogP contribution in [0.25, 0.3) is 0 Å². The van der Waals surface area contributed by atoms with E-state index in [1.807, 2.05) is 20.8 Å². The molecule has 1 aromatic heterocycles. The van der Waals surface area contributed by atoms with Crippen LogP contribution in [-0.2, 0) is 13.0 Å². The van der Waals surface area contributed by atoms with Crippen molar-refractivity contribution in [2.75, 3.05) is 19.7 Å². The Balaban J connectivity index is 0.00000480. The number of aliphatic hydroxyl groups excluding tert-OH is 1. The number of alkyl halides is 3. The maximum atomic E-state index is 12.3. The summed E-state index contributed by atoms with van der Waals surface area (Å²) in [5, 5.41) is 17.1. The number of halogens is 4. The van der Waals surface area contributed by atoms with E-state index < -0.39 is 6.36 Å². The highest BCUT2D eigenvalue weighted by Gasteiger charge is 2.30. The van der Waals surface area contributed by atoms with Gasteiger partial charge in [-0.3, -0.25) is 0 Å². The lowest BCUT2D eigenvalue weighted by Gasteiger charge is -2.18. The third-order valence-corrected chi connectivity index (χ3v) is 5.28. The Morgan fingerprint density at radius 1 is 1.23 bits per heavy atom. The van der Waals surface area contributed by atoms with Gasteiger partial charge in [0.2, 0.25) is 0 Å². The second-order valence-electron chi connectivity index (χ2n) is 6.76. The lowest BCUT2D eigenvalue weighted by Crippen LogP contribution is -2.40. The number of aryl methyl sites for hydroxylation is 2. The third kappa shape index (κ3) is 10.0. The zero-order chi connectivity index (χ0) is 22.1. The van der Waals surface area contributed by atoms with E-state index in [1.165, 1.54) is 12.1 Å². The average Bonchev–Trinajstić information content (AvgIpc) is 3.00. The van der Waals surface area contributed by atoms with Crippen LogP contribution in [0.3, 0.4) is 0 Å². The monoisotopic (exact) mass is 572 g/mol. The third-order valence-electron chi connectivity index (χ3n) is 4.22. The molecule has 0 fully saturated rings. The van der Waals surface area contributed by atoms with Gasteiger partial charge in [-0.2, -0.15) is 0 Å². The first-order valence-corrected chi connectivity index (χ1v) is 10.4. The Morgan fingerprint density at radius 3 is 2.42 bits per heavy atom. The van der Waals surface area contributed by atoms with E-state index in [0.29, 0.717) is 32.0 Å². The molecule has 0 aliphatic heterocycles. The molecule has 2 rings (SSSR count). The molecule has 11 heteroatoms. The summed E-state index contributed by atoms with van der Waals surface area (Å²) in [5.41, 5.74) is 1.78. The highest BCUT2D eigenvalue weighted by Crippen LogP contribution is 2.23. The van der Waals surface area contributed by atoms with Crippen molar-refractivity contribution in [3.8, 4) is 5.75 Å². The molecule has 1 atom stereocenters. The number of benzene rings is 1. The summed E-state index contributed by atoms with van der Waals surface area (Å²) in [4.78, 5) is 10.1. The quantitative estimate of drug-likeness (QED) is 0.239. The number of hydrogen-bond acceptors (Lipinski definition) is 5. The molecule has 3 N–H and O–H groups in total. The second-order valence-corrected chi connectivity index (χ2v) is 8.05. The van der Waals surface area contributed by atoms with Crippen LogP contribution in [0.2, 0.25) is 0 Å². The number of ether oxygens (including phenoxy) is 1. The Kier molecular flexibility index (Phi) is 11.6. The molecule has 0 radical (unpaired) electrons. The molecule has 0 saturated carbocycles. The molecule has 0 aliphatic rings. The standard InChI is InChI=1S/C20H27F3N4O2S.HI/c1-4-24-19(26-11-18-13(2)27-14(3)30-18)25-10-16(12-28)9-15-5-7-17(8-6-15)29-20(21,22)23;/h5-8,16,28H,4,9-12H2,1-3H3,(H2,24,25,26);1H. The fraction of sp³-hybridized carbons (Fsp3) is 0.500. The van der Waals surface area contributed by atoms with E-state index in [4.69, 9.17) is 0 Å². The van der Waals surface area contributed by atoms with E-state index in [0.717, 1.165) is 21.1 Å². The van der Waals surface area contributed by atoms with Crippen LogP contribution in [0.4, 0.5) is 13.2 Å². The summed E-state index contributed by atoms with van der Waals surface area (Å²) in [6.07, 6.45) is -4.21. The fourth-order valence-electron chi connectivity index (χ4n) is 2.82. The first kappa shape index (κ1) is 27.4. The van der Waals surface area contributed by atoms with Crippen LogP contribution in [0, 0.1) is 19.8 Å². The molecule has 0 spiro atoms. The highest BCUT2D eigenvalue weighted by molar-refractivity contribution is 14.0. The van der Waals surface area contributed by atoms with Gasteiger partial charge in [0.25, 0.3) is 0 Å². The first-order chi connectivity index (χ1) is 14.2. The second kappa shape index (κ2) is 13.1. The van der Waals surface area contributed by atoms with Crippen molar-refractivity contribution < 1.29 is 23.0 Å². The molecular weight excluding hydrogens is 544 g/mol. The molecule has 31 heavy (non-hydrogen) atoms. The van der Waals surface area contributed by atoms with Gasteiger partial charge in [0, 0.05) is 30.5 Å². The van der Waals surface area contributed by atoms with Gasteiger partial charge in [-0.05, 0) is 44.9 Å². The van der Waals surface area contributed by atoms with Gasteiger partial charge in [-0.25, -0.2) is 9.98 Å². The molecule has 0 aliphatic carbocycles. The normalized spacial score (nSPS) is 12.8. The Hall–Kier alpha value is -1.60. The minimum absolute atomic E-state index is 0. The number of aromatic nitrogens is 1. The minimum atomic E-state index is -4.71. The minimum Gasteiger partial charge on any atom is -0.406 e. The van der Waals surface area contributed by atoms with Gasteiger partial charge in [0.15, 0.2) is 5.96 Å². The molecule has 6 nitrogen and oxygen atoms in total. The van der Waals surface area contributed by atoms with Crippen molar-refractivity contribution >= 4 is 41.3 Å². The van der Waals surface area contributed by atoms with Crippen LogP contribution in [-0.4, -0.2) is 42.1 Å². The SMILES string of the molecule is CCNC(=NCc1sc(C)nc1C)NCC(CO)Cc1ccc(OC(F)(F)F)cc1.I. The number of guanidine groups is 1. The van der Waals surface area contributed by atoms with Crippen molar-refractivity contribution in [1.29, 1.82) is 0 Å². The fourth-order valence-corrected chi connectivity index (χ4v) is 3.68. The van der Waals surface area contributed by atoms with E-state index in [1.54, 1.807) is 23.5 Å². The van der Waals surface area contributed by atoms with Gasteiger partial charge < -0.3 is 20.5 Å². The van der Waals surface area contributed by atoms with E-state index in [2.05, 4.69) is 25.3 Å². The average molecular weight is 572 g/mol. The molecule has 0 saturated heterocycles. The molecule has 2 aromatic rings. The number of thiazole rings is 1. The predicted octanol–water partition coefficient (Wildman–Crippen LogP) is 4.18. The number of aliphatic hydroxyl groups is 1. The zero-order valence-electron chi connectivity index (χ0n) is 17.6. The lowest BCUT2D eigenvalue weighted by atomic mass is 10.00. The zero-order valence-corrected chi connectivity index (χ0v) is 20.8. The van der Waals surface area contributed by atoms with E-state index >= 15 is 0 Å². The van der Waals surface area contributed by atoms with Gasteiger partial charge in [-0.15, -0.1) is 48.5 Å². The number of rotatable bonds is 9. The Labute approximate surface area is 201 Å². The predicted molar refractivity (Wildman–Crippen MR) is 127 cm³/mol. The maximum Gasteiger partial charge on any atom is 0.573 e. The van der Waals surface area contributed by atoms with E-state index in [-0.39, 0.29) is 42.3 Å². The Morgan fingerprint density at radius 2 is 1.90 bits per heavy atom. The smallest absolute Gasteiger partial charge is 0.406 e. The Bertz CT molecular complexity index is 829. The van der Waals surface area contributed by atoms with Crippen molar-refractivity contribution in [2.24, 2.45) is 10.9 Å². The molecule has 1 heterocycles. The van der Waals surface area contributed by atoms with Gasteiger partial charge >= 0.3 is 6.36 Å². The van der Waals surface area contributed by atoms with Crippen LogP contribution >= 0.6 is 35.3 Å². The van der Waals surface area contributed by atoms with Crippen molar-refractivity contribution in [3.05, 3.63) is 45.4 Å². The van der Waals surface area contributed by atoms with E-state index in [9.17, 15) is 18.3 Å². The largest absolute Gasteiger partial charge is 0.573 e. The molecule has 1 aromatic carbocycles. The molecule has 0 amide bonds. The van der Waals surface area contributed by atoms with Crippen LogP contribution < -0.4 is 15.4 Å². The van der Waals surface area contributed by atoms with Crippen molar-refractivity contribution in [2.45, 2.75) is 40.1 Å². The van der Waals surface area contributed by atoms with Crippen molar-refractivity contribution in [1.82, 2.24) is 15.6 Å². The number of hydrogen-bond donors (Lipinski definition) is 3. The number of aliphatic imine (C=N–C) groups is 1. The highest BCUT2D eigenvalue weighted by atomic mass is 127. The lowest BCUT2D eigenvalue weighted by molar-refractivity contribution is -0.274. The molecule has 0 bridgehead atoms. The van der Waals surface area contributed by atoms with Gasteiger partial charge in [0.05, 0.1) is 17.2 Å². The summed E-state index contributed by atoms with van der Waals surface area (Å²) in [6, 6.07) is 5.68. The van der Waals surface area contributed by atoms with Crippen LogP contribution in [0.5, 0.6) is 5.75 Å². The molecule has 1 unspecified atom stereocenters. The summed E-state index contributed by atoms with van der Waals surface area (Å²) < 4.78 is 40.6. The molecular formula is C20H28F3IN4O2S. The number of nitrogens with one attached hydrogen (secondary N) is 2. The summed E-state index contributed by atoms with van der Waals surface area (Å²) >= 11 is 1.62. The molecule has 174 valence electrons. The number of nitrogens with zero attached hydrogens (tertiary/aromatic N) is 2. The maximum absolute atomic E-state index is 12.3. The van der Waals surface area contributed by atoms with Crippen LogP contribution in [0.15, 0.2) is 29.3 Å². The summed E-state index contributed by atoms with van der Waals surface area (Å²) in [5.74, 6) is 0.242. The van der Waals surface area contributed by atoms with Crippen molar-refractivity contribution in [3.63, 3.8) is 0 Å².